The molecule has 4 rings (SSSR count). The van der Waals surface area contributed by atoms with Crippen LogP contribution >= 0.6 is 0 Å². The molecule has 3 aromatic carbocycles. The molecule has 0 amide bonds. The Kier molecular flexibility index (Phi) is 4.83. The standard InChI is InChI=1S/C22H19F2N3/c23-18-12-11-15(13-19(18)24)14-25-22-26-20(16-7-3-1-4-8-16)21(27-22)17-9-5-2-6-10-17/h1-13,20-21H,14H2,(H2,25,26,27)/t20-,21+. The van der Waals surface area contributed by atoms with Crippen LogP contribution in [0.4, 0.5) is 8.78 Å². The molecule has 3 aromatic rings. The number of rotatable bonds is 4. The Balaban J connectivity index is 1.59. The van der Waals surface area contributed by atoms with Crippen LogP contribution in [0, 0.1) is 11.6 Å². The average Bonchev–Trinajstić information content (AvgIpc) is 3.15. The van der Waals surface area contributed by atoms with E-state index in [9.17, 15) is 8.78 Å². The highest BCUT2D eigenvalue weighted by Crippen LogP contribution is 2.32. The van der Waals surface area contributed by atoms with Crippen LogP contribution in [-0.2, 0) is 6.54 Å². The summed E-state index contributed by atoms with van der Waals surface area (Å²) >= 11 is 0. The minimum atomic E-state index is -0.857. The number of hydrogen-bond donors (Lipinski definition) is 2. The third-order valence-corrected chi connectivity index (χ3v) is 4.64. The minimum Gasteiger partial charge on any atom is -0.347 e. The Morgan fingerprint density at radius 3 is 1.78 bits per heavy atom. The van der Waals surface area contributed by atoms with Gasteiger partial charge in [-0.15, -0.1) is 0 Å². The summed E-state index contributed by atoms with van der Waals surface area (Å²) in [7, 11) is 0. The smallest absolute Gasteiger partial charge is 0.192 e. The van der Waals surface area contributed by atoms with Crippen molar-refractivity contribution in [3.8, 4) is 0 Å². The average molecular weight is 363 g/mol. The first-order chi connectivity index (χ1) is 13.2. The molecule has 1 aliphatic rings. The van der Waals surface area contributed by atoms with Crippen molar-refractivity contribution in [2.24, 2.45) is 4.99 Å². The van der Waals surface area contributed by atoms with E-state index in [1.807, 2.05) is 36.4 Å². The number of nitrogens with zero attached hydrogens (tertiary/aromatic N) is 1. The van der Waals surface area contributed by atoms with Crippen LogP contribution in [0.5, 0.6) is 0 Å². The molecular weight excluding hydrogens is 344 g/mol. The highest BCUT2D eigenvalue weighted by atomic mass is 19.2. The van der Waals surface area contributed by atoms with E-state index in [0.717, 1.165) is 17.2 Å². The van der Waals surface area contributed by atoms with Gasteiger partial charge in [0.05, 0.1) is 18.6 Å². The van der Waals surface area contributed by atoms with E-state index in [4.69, 9.17) is 0 Å². The van der Waals surface area contributed by atoms with Gasteiger partial charge in [-0.05, 0) is 28.8 Å². The lowest BCUT2D eigenvalue weighted by Gasteiger charge is -2.19. The monoisotopic (exact) mass is 363 g/mol. The molecule has 0 radical (unpaired) electrons. The predicted molar refractivity (Wildman–Crippen MR) is 102 cm³/mol. The lowest BCUT2D eigenvalue weighted by Crippen LogP contribution is -2.25. The maximum absolute atomic E-state index is 13.4. The Morgan fingerprint density at radius 2 is 1.26 bits per heavy atom. The molecule has 5 heteroatoms. The first-order valence-electron chi connectivity index (χ1n) is 8.82. The molecule has 2 N–H and O–H groups in total. The Labute approximate surface area is 156 Å². The molecule has 0 aliphatic carbocycles. The van der Waals surface area contributed by atoms with Crippen molar-refractivity contribution in [2.75, 3.05) is 0 Å². The fourth-order valence-corrected chi connectivity index (χ4v) is 3.27. The molecule has 1 heterocycles. The van der Waals surface area contributed by atoms with Crippen molar-refractivity contribution in [3.63, 3.8) is 0 Å². The van der Waals surface area contributed by atoms with Crippen molar-refractivity contribution in [2.45, 2.75) is 18.6 Å². The summed E-state index contributed by atoms with van der Waals surface area (Å²) in [5.41, 5.74) is 2.91. The minimum absolute atomic E-state index is 0.0253. The van der Waals surface area contributed by atoms with Crippen LogP contribution in [0.2, 0.25) is 0 Å². The van der Waals surface area contributed by atoms with Crippen LogP contribution in [-0.4, -0.2) is 5.96 Å². The largest absolute Gasteiger partial charge is 0.347 e. The van der Waals surface area contributed by atoms with E-state index in [1.54, 1.807) is 6.07 Å². The molecule has 0 saturated carbocycles. The van der Waals surface area contributed by atoms with Gasteiger partial charge in [-0.25, -0.2) is 13.8 Å². The maximum Gasteiger partial charge on any atom is 0.192 e. The van der Waals surface area contributed by atoms with Gasteiger partial charge < -0.3 is 10.6 Å². The highest BCUT2D eigenvalue weighted by Gasteiger charge is 2.32. The number of halogens is 2. The number of nitrogens with one attached hydrogen (secondary N) is 2. The lowest BCUT2D eigenvalue weighted by molar-refractivity contribution is 0.507. The number of aliphatic imine (C=N–C) groups is 1. The number of guanidine groups is 1. The van der Waals surface area contributed by atoms with E-state index in [-0.39, 0.29) is 18.6 Å². The first-order valence-corrected chi connectivity index (χ1v) is 8.82. The van der Waals surface area contributed by atoms with Gasteiger partial charge in [0.1, 0.15) is 0 Å². The zero-order chi connectivity index (χ0) is 18.6. The molecular formula is C22H19F2N3. The Bertz CT molecular complexity index is 893. The van der Waals surface area contributed by atoms with E-state index in [0.29, 0.717) is 11.5 Å². The number of hydrogen-bond acceptors (Lipinski definition) is 1. The van der Waals surface area contributed by atoms with E-state index < -0.39 is 11.6 Å². The van der Waals surface area contributed by atoms with Gasteiger partial charge in [-0.1, -0.05) is 66.7 Å². The summed E-state index contributed by atoms with van der Waals surface area (Å²) in [6.45, 7) is 0.259. The summed E-state index contributed by atoms with van der Waals surface area (Å²) in [5.74, 6) is -1.07. The topological polar surface area (TPSA) is 36.4 Å². The van der Waals surface area contributed by atoms with Crippen molar-refractivity contribution in [1.29, 1.82) is 0 Å². The summed E-state index contributed by atoms with van der Waals surface area (Å²) < 4.78 is 26.5. The van der Waals surface area contributed by atoms with E-state index in [1.165, 1.54) is 6.07 Å². The molecule has 27 heavy (non-hydrogen) atoms. The van der Waals surface area contributed by atoms with Crippen LogP contribution in [0.1, 0.15) is 28.8 Å². The summed E-state index contributed by atoms with van der Waals surface area (Å²) in [6.07, 6.45) is 0. The maximum atomic E-state index is 13.4. The molecule has 0 aromatic heterocycles. The molecule has 136 valence electrons. The second-order valence-corrected chi connectivity index (χ2v) is 6.48. The van der Waals surface area contributed by atoms with Gasteiger partial charge in [0.2, 0.25) is 0 Å². The van der Waals surface area contributed by atoms with Crippen LogP contribution < -0.4 is 10.6 Å². The number of benzene rings is 3. The lowest BCUT2D eigenvalue weighted by atomic mass is 9.95. The van der Waals surface area contributed by atoms with Gasteiger partial charge in [0.25, 0.3) is 0 Å². The molecule has 1 saturated heterocycles. The zero-order valence-corrected chi connectivity index (χ0v) is 14.6. The molecule has 3 nitrogen and oxygen atoms in total. The SMILES string of the molecule is Fc1ccc(CN=C2N[C@H](c3ccccc3)[C@H](c3ccccc3)N2)cc1F. The molecule has 2 atom stereocenters. The second-order valence-electron chi connectivity index (χ2n) is 6.48. The van der Waals surface area contributed by atoms with E-state index >= 15 is 0 Å². The Morgan fingerprint density at radius 1 is 0.704 bits per heavy atom. The van der Waals surface area contributed by atoms with Gasteiger partial charge in [-0.3, -0.25) is 0 Å². The van der Waals surface area contributed by atoms with E-state index in [2.05, 4.69) is 39.9 Å². The Hall–Kier alpha value is -3.21. The molecule has 0 unspecified atom stereocenters. The summed E-state index contributed by atoms with van der Waals surface area (Å²) in [4.78, 5) is 4.52. The fraction of sp³-hybridized carbons (Fsp3) is 0.136. The summed E-state index contributed by atoms with van der Waals surface area (Å²) in [6, 6.07) is 24.2. The van der Waals surface area contributed by atoms with Gasteiger partial charge >= 0.3 is 0 Å². The van der Waals surface area contributed by atoms with Crippen LogP contribution in [0.15, 0.2) is 83.9 Å². The summed E-state index contributed by atoms with van der Waals surface area (Å²) in [5, 5.41) is 6.85. The fourth-order valence-electron chi connectivity index (χ4n) is 3.27. The van der Waals surface area contributed by atoms with Crippen molar-refractivity contribution < 1.29 is 8.78 Å². The first kappa shape index (κ1) is 17.2. The van der Waals surface area contributed by atoms with Gasteiger partial charge in [0.15, 0.2) is 17.6 Å². The molecule has 0 spiro atoms. The molecule has 1 fully saturated rings. The van der Waals surface area contributed by atoms with Gasteiger partial charge in [0, 0.05) is 0 Å². The van der Waals surface area contributed by atoms with Crippen LogP contribution in [0.3, 0.4) is 0 Å². The van der Waals surface area contributed by atoms with Crippen molar-refractivity contribution >= 4 is 5.96 Å². The van der Waals surface area contributed by atoms with Crippen molar-refractivity contribution in [3.05, 3.63) is 107 Å². The van der Waals surface area contributed by atoms with Crippen molar-refractivity contribution in [1.82, 2.24) is 10.6 Å². The third kappa shape index (κ3) is 3.82. The molecule has 1 aliphatic heterocycles. The quantitative estimate of drug-likeness (QED) is 0.716. The van der Waals surface area contributed by atoms with Crippen LogP contribution in [0.25, 0.3) is 0 Å². The normalized spacial score (nSPS) is 20.3. The highest BCUT2D eigenvalue weighted by molar-refractivity contribution is 5.83. The second kappa shape index (κ2) is 7.58. The third-order valence-electron chi connectivity index (χ3n) is 4.64. The van der Waals surface area contributed by atoms with Gasteiger partial charge in [-0.2, -0.15) is 0 Å². The molecule has 0 bridgehead atoms. The predicted octanol–water partition coefficient (Wildman–Crippen LogP) is 4.50. The zero-order valence-electron chi connectivity index (χ0n) is 14.6.